The van der Waals surface area contributed by atoms with Crippen molar-refractivity contribution in [2.24, 2.45) is 0 Å². The van der Waals surface area contributed by atoms with E-state index in [-0.39, 0.29) is 18.1 Å². The van der Waals surface area contributed by atoms with Crippen molar-refractivity contribution in [3.05, 3.63) is 133 Å². The summed E-state index contributed by atoms with van der Waals surface area (Å²) in [5.74, 6) is -17.7. The van der Waals surface area contributed by atoms with E-state index in [2.05, 4.69) is 0 Å². The summed E-state index contributed by atoms with van der Waals surface area (Å²) >= 11 is 0. The van der Waals surface area contributed by atoms with Crippen LogP contribution in [0.2, 0.25) is 0 Å². The third-order valence-electron chi connectivity index (χ3n) is 10.3. The van der Waals surface area contributed by atoms with Gasteiger partial charge in [-0.3, -0.25) is 0 Å². The van der Waals surface area contributed by atoms with Crippen LogP contribution < -0.4 is 14.2 Å². The molecule has 0 N–H and O–H groups in total. The van der Waals surface area contributed by atoms with Crippen molar-refractivity contribution >= 4 is 53.9 Å². The lowest BCUT2D eigenvalue weighted by molar-refractivity contribution is -0.382. The number of esters is 2. The van der Waals surface area contributed by atoms with Gasteiger partial charge in [-0.1, -0.05) is 66.7 Å². The predicted octanol–water partition coefficient (Wildman–Crippen LogP) is 13.0. The maximum atomic E-state index is 15.9. The van der Waals surface area contributed by atoms with Crippen LogP contribution in [0.5, 0.6) is 17.2 Å². The van der Waals surface area contributed by atoms with E-state index in [4.69, 9.17) is 32.1 Å². The predicted molar refractivity (Wildman–Crippen MR) is 252 cm³/mol. The number of halogens is 9. The summed E-state index contributed by atoms with van der Waals surface area (Å²) in [7, 11) is -12.4. The number of ether oxygens (including phenoxy) is 6. The Morgan fingerprint density at radius 3 is 1.51 bits per heavy atom. The molecule has 0 saturated carbocycles. The third kappa shape index (κ3) is 12.4. The van der Waals surface area contributed by atoms with Gasteiger partial charge in [0.25, 0.3) is 0 Å². The second kappa shape index (κ2) is 21.3. The molecular formula is C51H49F9O11S2. The highest BCUT2D eigenvalue weighted by Crippen LogP contribution is 2.73. The molecule has 0 aromatic heterocycles. The summed E-state index contributed by atoms with van der Waals surface area (Å²) in [5, 5.41) is -3.44. The van der Waals surface area contributed by atoms with E-state index >= 15 is 17.6 Å². The molecule has 73 heavy (non-hydrogen) atoms. The Balaban J connectivity index is 1.46. The number of hydrogen-bond donors (Lipinski definition) is 0. The van der Waals surface area contributed by atoms with Crippen LogP contribution in [-0.2, 0) is 44.0 Å². The number of carbonyl (C=O) groups excluding carboxylic acids is 2. The SMILES string of the molecule is CC(C)(C)OC(=O)COc1ccc(S(OS(=O)(=O)C(F)(F)C(F)(F)C(F)(F)C(F)(F)F)(c2ccc(OCC(=O)OC(C)(C)C)cc2)c2ccccc2OCOCCc2cc3ccccc3c3ccccc23)cc1. The van der Waals surface area contributed by atoms with E-state index in [1.165, 1.54) is 18.2 Å². The summed E-state index contributed by atoms with van der Waals surface area (Å²) in [6, 6.07) is 30.4. The first-order valence-corrected chi connectivity index (χ1v) is 24.9. The van der Waals surface area contributed by atoms with Gasteiger partial charge in [0.2, 0.25) is 0 Å². The minimum atomic E-state index is -7.68. The number of carbonyl (C=O) groups is 2. The number of rotatable bonds is 20. The average Bonchev–Trinajstić information content (AvgIpc) is 3.31. The Labute approximate surface area is 416 Å². The van der Waals surface area contributed by atoms with E-state index < -0.39 is 107 Å². The van der Waals surface area contributed by atoms with E-state index in [0.29, 0.717) is 6.42 Å². The summed E-state index contributed by atoms with van der Waals surface area (Å²) in [6.45, 7) is 7.48. The summed E-state index contributed by atoms with van der Waals surface area (Å²) in [6.07, 6.45) is -7.06. The molecule has 6 rings (SSSR count). The molecular weight excluding hydrogens is 1020 g/mol. The molecule has 0 spiro atoms. The molecule has 6 aromatic carbocycles. The van der Waals surface area contributed by atoms with Crippen LogP contribution in [0.4, 0.5) is 39.5 Å². The van der Waals surface area contributed by atoms with Crippen molar-refractivity contribution in [1.82, 2.24) is 0 Å². The third-order valence-corrected chi connectivity index (χ3v) is 15.6. The zero-order chi connectivity index (χ0) is 53.8. The topological polar surface area (TPSA) is 133 Å². The lowest BCUT2D eigenvalue weighted by atomic mass is 9.96. The van der Waals surface area contributed by atoms with E-state index in [1.807, 2.05) is 54.6 Å². The molecule has 0 unspecified atom stereocenters. The largest absolute Gasteiger partial charge is 0.482 e. The smallest absolute Gasteiger partial charge is 0.460 e. The van der Waals surface area contributed by atoms with Crippen LogP contribution in [0.15, 0.2) is 142 Å². The average molecular weight is 1070 g/mol. The molecule has 11 nitrogen and oxygen atoms in total. The zero-order valence-corrected chi connectivity index (χ0v) is 41.5. The maximum absolute atomic E-state index is 15.9. The molecule has 0 heterocycles. The zero-order valence-electron chi connectivity index (χ0n) is 39.9. The molecule has 394 valence electrons. The molecule has 0 radical (unpaired) electrons. The summed E-state index contributed by atoms with van der Waals surface area (Å²) in [4.78, 5) is 23.3. The highest BCUT2D eigenvalue weighted by Gasteiger charge is 2.86. The first-order valence-electron chi connectivity index (χ1n) is 22.0. The van der Waals surface area contributed by atoms with Crippen LogP contribution in [-0.4, -0.2) is 81.4 Å². The minimum Gasteiger partial charge on any atom is -0.482 e. The van der Waals surface area contributed by atoms with E-state index in [9.17, 15) is 40.0 Å². The van der Waals surface area contributed by atoms with Gasteiger partial charge in [0.05, 0.1) is 11.5 Å². The molecule has 22 heteroatoms. The molecule has 0 aliphatic rings. The quantitative estimate of drug-likeness (QED) is 0.0238. The van der Waals surface area contributed by atoms with Gasteiger partial charge in [-0.15, -0.1) is 0 Å². The van der Waals surface area contributed by atoms with Crippen molar-refractivity contribution in [1.29, 1.82) is 0 Å². The Hall–Kier alpha value is -6.23. The molecule has 0 bridgehead atoms. The lowest BCUT2D eigenvalue weighted by Crippen LogP contribution is -2.63. The number of alkyl halides is 9. The van der Waals surface area contributed by atoms with Crippen molar-refractivity contribution in [2.45, 2.75) is 97.1 Å². The standard InChI is InChI=1S/C51H49F9O11S2/c1-46(2,3)69-44(61)30-66-35-19-23-37(24-20-35)72(38-25-21-36(22-26-38)67-31-45(62)70-47(4,5)6,71-73(63,64)51(59,60)49(54,55)48(52,53)50(56,57)58)43-18-12-11-17-42(43)68-32-65-28-27-34-29-33-13-7-8-14-39(33)41-16-10-9-15-40(34)41/h7-26,29H,27-28,30-32H2,1-6H3. The number of para-hydroxylation sites is 1. The van der Waals surface area contributed by atoms with Crippen molar-refractivity contribution in [3.63, 3.8) is 0 Å². The Morgan fingerprint density at radius 1 is 0.534 bits per heavy atom. The van der Waals surface area contributed by atoms with Gasteiger partial charge in [0.1, 0.15) is 28.5 Å². The van der Waals surface area contributed by atoms with Gasteiger partial charge in [-0.05, 0) is 146 Å². The lowest BCUT2D eigenvalue weighted by Gasteiger charge is -2.42. The molecule has 0 saturated heterocycles. The first-order chi connectivity index (χ1) is 33.9. The van der Waals surface area contributed by atoms with Gasteiger partial charge in [0.15, 0.2) is 20.0 Å². The Morgan fingerprint density at radius 2 is 1.00 bits per heavy atom. The molecule has 0 atom stereocenters. The fourth-order valence-corrected chi connectivity index (χ4v) is 12.5. The van der Waals surface area contributed by atoms with E-state index in [1.54, 1.807) is 41.5 Å². The van der Waals surface area contributed by atoms with Gasteiger partial charge < -0.3 is 28.4 Å². The normalized spacial score (nSPS) is 13.4. The van der Waals surface area contributed by atoms with Gasteiger partial charge in [-0.25, -0.2) is 13.2 Å². The van der Waals surface area contributed by atoms with Crippen molar-refractivity contribution < 1.29 is 89.6 Å². The van der Waals surface area contributed by atoms with Gasteiger partial charge >= 0.3 is 45.3 Å². The Kier molecular flexibility index (Phi) is 16.4. The fraction of sp³-hybridized carbons (Fsp3) is 0.333. The minimum absolute atomic E-state index is 0.00236. The van der Waals surface area contributed by atoms with Crippen LogP contribution in [0.1, 0.15) is 47.1 Å². The second-order valence-electron chi connectivity index (χ2n) is 18.1. The van der Waals surface area contributed by atoms with Gasteiger partial charge in [0, 0.05) is 9.79 Å². The van der Waals surface area contributed by atoms with Gasteiger partial charge in [-0.2, -0.15) is 47.9 Å². The monoisotopic (exact) mass is 1070 g/mol. The van der Waals surface area contributed by atoms with E-state index in [0.717, 1.165) is 81.7 Å². The number of hydrogen-bond acceptors (Lipinski definition) is 11. The van der Waals surface area contributed by atoms with Crippen molar-refractivity contribution in [2.75, 3.05) is 26.6 Å². The summed E-state index contributed by atoms with van der Waals surface area (Å²) < 4.78 is 197. The van der Waals surface area contributed by atoms with Crippen LogP contribution in [0, 0.1) is 0 Å². The van der Waals surface area contributed by atoms with Crippen molar-refractivity contribution in [3.8, 4) is 17.2 Å². The second-order valence-corrected chi connectivity index (χ2v) is 22.6. The molecule has 0 fully saturated rings. The number of fused-ring (bicyclic) bond motifs is 3. The maximum Gasteiger partial charge on any atom is 0.460 e. The molecule has 0 amide bonds. The number of benzene rings is 6. The van der Waals surface area contributed by atoms with Crippen LogP contribution in [0.25, 0.3) is 21.5 Å². The first kappa shape index (κ1) is 56.1. The fourth-order valence-electron chi connectivity index (χ4n) is 7.17. The van der Waals surface area contributed by atoms with Crippen LogP contribution in [0.3, 0.4) is 0 Å². The molecule has 0 aliphatic heterocycles. The highest BCUT2D eigenvalue weighted by atomic mass is 32.3. The summed E-state index contributed by atoms with van der Waals surface area (Å²) in [5.41, 5.74) is -0.966. The van der Waals surface area contributed by atoms with Crippen LogP contribution >= 0.6 is 10.3 Å². The molecule has 0 aliphatic carbocycles. The Bertz CT molecular complexity index is 2950. The molecule has 6 aromatic rings. The highest BCUT2D eigenvalue weighted by molar-refractivity contribution is 8.33.